The predicted octanol–water partition coefficient (Wildman–Crippen LogP) is 3.77. The molecule has 0 radical (unpaired) electrons. The highest BCUT2D eigenvalue weighted by molar-refractivity contribution is 7.17. The topological polar surface area (TPSA) is 0 Å². The summed E-state index contributed by atoms with van der Waals surface area (Å²) >= 11 is 1.83. The number of rotatable bonds is 1. The molecule has 0 N–H and O–H groups in total. The molecule has 0 spiro atoms. The van der Waals surface area contributed by atoms with Crippen molar-refractivity contribution in [1.82, 2.24) is 0 Å². The normalized spacial score (nSPS) is 10.8. The van der Waals surface area contributed by atoms with Gasteiger partial charge < -0.3 is 0 Å². The Morgan fingerprint density at radius 2 is 2.17 bits per heavy atom. The van der Waals surface area contributed by atoms with Crippen molar-refractivity contribution in [3.05, 3.63) is 34.7 Å². The van der Waals surface area contributed by atoms with Crippen LogP contribution in [0.3, 0.4) is 0 Å². The van der Waals surface area contributed by atoms with Crippen LogP contribution in [0.1, 0.15) is 18.1 Å². The Morgan fingerprint density at radius 1 is 1.33 bits per heavy atom. The van der Waals surface area contributed by atoms with Crippen LogP contribution in [0.2, 0.25) is 0 Å². The van der Waals surface area contributed by atoms with Crippen molar-refractivity contribution in [2.45, 2.75) is 20.3 Å². The molecule has 1 heteroatoms. The summed E-state index contributed by atoms with van der Waals surface area (Å²) < 4.78 is 1.42. The van der Waals surface area contributed by atoms with Crippen LogP contribution in [0.25, 0.3) is 10.1 Å². The minimum atomic E-state index is 1.13. The average molecular weight is 176 g/mol. The third-order valence-corrected chi connectivity index (χ3v) is 3.11. The van der Waals surface area contributed by atoms with E-state index in [0.29, 0.717) is 0 Å². The highest BCUT2D eigenvalue weighted by Crippen LogP contribution is 2.25. The second-order valence-electron chi connectivity index (χ2n) is 3.10. The standard InChI is InChI=1S/C11H12S/c1-3-9-6-8(2)10-4-5-12-11(10)7-9/h4-7H,3H2,1-2H3. The lowest BCUT2D eigenvalue weighted by Gasteiger charge is -2.00. The van der Waals surface area contributed by atoms with Crippen LogP contribution in [0.4, 0.5) is 0 Å². The Labute approximate surface area is 76.8 Å². The lowest BCUT2D eigenvalue weighted by atomic mass is 10.1. The highest BCUT2D eigenvalue weighted by atomic mass is 32.1. The van der Waals surface area contributed by atoms with Gasteiger partial charge >= 0.3 is 0 Å². The summed E-state index contributed by atoms with van der Waals surface area (Å²) in [5, 5.41) is 3.58. The minimum absolute atomic E-state index is 1.13. The molecular weight excluding hydrogens is 164 g/mol. The van der Waals surface area contributed by atoms with E-state index < -0.39 is 0 Å². The van der Waals surface area contributed by atoms with E-state index in [2.05, 4.69) is 37.4 Å². The van der Waals surface area contributed by atoms with E-state index >= 15 is 0 Å². The first-order chi connectivity index (χ1) is 5.81. The summed E-state index contributed by atoms with van der Waals surface area (Å²) in [7, 11) is 0. The van der Waals surface area contributed by atoms with Crippen molar-refractivity contribution in [2.24, 2.45) is 0 Å². The van der Waals surface area contributed by atoms with Gasteiger partial charge in [0.15, 0.2) is 0 Å². The fraction of sp³-hybridized carbons (Fsp3) is 0.273. The second kappa shape index (κ2) is 2.91. The Balaban J connectivity index is 2.75. The van der Waals surface area contributed by atoms with Gasteiger partial charge in [-0.1, -0.05) is 13.0 Å². The molecule has 0 bridgehead atoms. The van der Waals surface area contributed by atoms with E-state index in [9.17, 15) is 0 Å². The number of hydrogen-bond donors (Lipinski definition) is 0. The number of thiophene rings is 1. The van der Waals surface area contributed by atoms with E-state index in [4.69, 9.17) is 0 Å². The summed E-state index contributed by atoms with van der Waals surface area (Å²) in [6.45, 7) is 4.39. The largest absolute Gasteiger partial charge is 0.144 e. The Morgan fingerprint density at radius 3 is 2.92 bits per heavy atom. The van der Waals surface area contributed by atoms with Crippen LogP contribution in [-0.4, -0.2) is 0 Å². The fourth-order valence-electron chi connectivity index (χ4n) is 1.53. The van der Waals surface area contributed by atoms with Gasteiger partial charge in [-0.15, -0.1) is 11.3 Å². The zero-order valence-corrected chi connectivity index (χ0v) is 8.24. The highest BCUT2D eigenvalue weighted by Gasteiger charge is 1.99. The van der Waals surface area contributed by atoms with Gasteiger partial charge in [0.05, 0.1) is 0 Å². The molecule has 0 atom stereocenters. The maximum absolute atomic E-state index is 2.30. The number of benzene rings is 1. The Bertz CT molecular complexity index is 398. The lowest BCUT2D eigenvalue weighted by Crippen LogP contribution is -1.81. The van der Waals surface area contributed by atoms with Crippen molar-refractivity contribution in [2.75, 3.05) is 0 Å². The van der Waals surface area contributed by atoms with Crippen molar-refractivity contribution >= 4 is 21.4 Å². The predicted molar refractivity (Wildman–Crippen MR) is 55.9 cm³/mol. The lowest BCUT2D eigenvalue weighted by molar-refractivity contribution is 1.14. The molecule has 2 aromatic rings. The van der Waals surface area contributed by atoms with Crippen molar-refractivity contribution in [1.29, 1.82) is 0 Å². The van der Waals surface area contributed by atoms with Crippen LogP contribution < -0.4 is 0 Å². The summed E-state index contributed by atoms with van der Waals surface area (Å²) in [5.74, 6) is 0. The van der Waals surface area contributed by atoms with E-state index in [1.165, 1.54) is 21.2 Å². The molecule has 0 amide bonds. The van der Waals surface area contributed by atoms with Gasteiger partial charge in [0.1, 0.15) is 0 Å². The summed E-state index contributed by atoms with van der Waals surface area (Å²) in [6.07, 6.45) is 1.13. The van der Waals surface area contributed by atoms with Gasteiger partial charge in [-0.05, 0) is 47.4 Å². The molecule has 1 aromatic heterocycles. The Hall–Kier alpha value is -0.820. The van der Waals surface area contributed by atoms with Gasteiger partial charge in [-0.25, -0.2) is 0 Å². The van der Waals surface area contributed by atoms with Crippen LogP contribution in [0, 0.1) is 6.92 Å². The zero-order chi connectivity index (χ0) is 8.55. The molecule has 0 aliphatic rings. The van der Waals surface area contributed by atoms with Gasteiger partial charge in [0, 0.05) is 4.70 Å². The molecule has 1 aromatic carbocycles. The van der Waals surface area contributed by atoms with Crippen LogP contribution >= 0.6 is 11.3 Å². The maximum atomic E-state index is 2.30. The third kappa shape index (κ3) is 1.14. The monoisotopic (exact) mass is 176 g/mol. The fourth-order valence-corrected chi connectivity index (χ4v) is 2.45. The molecule has 0 unspecified atom stereocenters. The van der Waals surface area contributed by atoms with E-state index in [-0.39, 0.29) is 0 Å². The SMILES string of the molecule is CCc1cc(C)c2ccsc2c1. The molecule has 0 fully saturated rings. The first-order valence-electron chi connectivity index (χ1n) is 4.28. The van der Waals surface area contributed by atoms with Gasteiger partial charge in [0.2, 0.25) is 0 Å². The summed E-state index contributed by atoms with van der Waals surface area (Å²) in [5.41, 5.74) is 2.85. The molecule has 12 heavy (non-hydrogen) atoms. The van der Waals surface area contributed by atoms with Crippen molar-refractivity contribution < 1.29 is 0 Å². The first-order valence-corrected chi connectivity index (χ1v) is 5.16. The molecule has 0 saturated carbocycles. The molecule has 62 valence electrons. The maximum Gasteiger partial charge on any atom is 0.0348 e. The van der Waals surface area contributed by atoms with E-state index in [1.54, 1.807) is 0 Å². The smallest absolute Gasteiger partial charge is 0.0348 e. The van der Waals surface area contributed by atoms with E-state index in [1.807, 2.05) is 11.3 Å². The van der Waals surface area contributed by atoms with Crippen molar-refractivity contribution in [3.8, 4) is 0 Å². The Kier molecular flexibility index (Phi) is 1.89. The molecule has 1 heterocycles. The van der Waals surface area contributed by atoms with Gasteiger partial charge in [-0.2, -0.15) is 0 Å². The molecule has 0 aliphatic carbocycles. The van der Waals surface area contributed by atoms with Crippen LogP contribution in [-0.2, 0) is 6.42 Å². The molecular formula is C11H12S. The molecule has 2 rings (SSSR count). The first kappa shape index (κ1) is 7.81. The van der Waals surface area contributed by atoms with Crippen molar-refractivity contribution in [3.63, 3.8) is 0 Å². The average Bonchev–Trinajstić information content (AvgIpc) is 2.52. The number of fused-ring (bicyclic) bond motifs is 1. The molecule has 0 aliphatic heterocycles. The number of aryl methyl sites for hydroxylation is 2. The zero-order valence-electron chi connectivity index (χ0n) is 7.42. The van der Waals surface area contributed by atoms with Gasteiger partial charge in [-0.3, -0.25) is 0 Å². The third-order valence-electron chi connectivity index (χ3n) is 2.25. The van der Waals surface area contributed by atoms with Crippen LogP contribution in [0.5, 0.6) is 0 Å². The molecule has 0 saturated heterocycles. The quantitative estimate of drug-likeness (QED) is 0.620. The molecule has 0 nitrogen and oxygen atoms in total. The van der Waals surface area contributed by atoms with Crippen LogP contribution in [0.15, 0.2) is 23.6 Å². The van der Waals surface area contributed by atoms with E-state index in [0.717, 1.165) is 6.42 Å². The van der Waals surface area contributed by atoms with Gasteiger partial charge in [0.25, 0.3) is 0 Å². The summed E-state index contributed by atoms with van der Waals surface area (Å²) in [6, 6.07) is 6.79. The summed E-state index contributed by atoms with van der Waals surface area (Å²) in [4.78, 5) is 0. The second-order valence-corrected chi connectivity index (χ2v) is 4.05. The minimum Gasteiger partial charge on any atom is -0.144 e. The number of hydrogen-bond acceptors (Lipinski definition) is 1.